The van der Waals surface area contributed by atoms with E-state index in [4.69, 9.17) is 0 Å². The van der Waals surface area contributed by atoms with Crippen LogP contribution in [0.25, 0.3) is 0 Å². The summed E-state index contributed by atoms with van der Waals surface area (Å²) in [7, 11) is 0. The number of hydrogen-bond acceptors (Lipinski definition) is 3. The maximum absolute atomic E-state index is 12.3. The number of carbonyl (C=O) groups is 1. The highest BCUT2D eigenvalue weighted by Gasteiger charge is 2.34. The van der Waals surface area contributed by atoms with Crippen LogP contribution in [0.3, 0.4) is 0 Å². The normalized spacial score (nSPS) is 33.4. The van der Waals surface area contributed by atoms with Crippen molar-refractivity contribution in [3.8, 4) is 0 Å². The molecule has 3 unspecified atom stereocenters. The van der Waals surface area contributed by atoms with Gasteiger partial charge in [-0.1, -0.05) is 6.92 Å². The topological polar surface area (TPSA) is 43.8 Å². The largest absolute Gasteiger partial charge is 0.391 e. The van der Waals surface area contributed by atoms with Gasteiger partial charge in [0, 0.05) is 38.6 Å². The quantitative estimate of drug-likeness (QED) is 0.848. The minimum absolute atomic E-state index is 0.146. The summed E-state index contributed by atoms with van der Waals surface area (Å²) < 4.78 is 0. The fraction of sp³-hybridized carbons (Fsp3) is 0.938. The third-order valence-electron chi connectivity index (χ3n) is 5.50. The molecule has 1 heterocycles. The first-order chi connectivity index (χ1) is 9.65. The van der Waals surface area contributed by atoms with Crippen LogP contribution < -0.4 is 0 Å². The smallest absolute Gasteiger partial charge is 0.222 e. The molecule has 3 aliphatic rings. The Balaban J connectivity index is 1.44. The van der Waals surface area contributed by atoms with Gasteiger partial charge in [-0.2, -0.15) is 0 Å². The second-order valence-corrected chi connectivity index (χ2v) is 7.00. The van der Waals surface area contributed by atoms with E-state index in [2.05, 4.69) is 11.8 Å². The summed E-state index contributed by atoms with van der Waals surface area (Å²) >= 11 is 0. The molecule has 0 bridgehead atoms. The summed E-state index contributed by atoms with van der Waals surface area (Å²) in [6.07, 6.45) is 6.44. The second-order valence-electron chi connectivity index (χ2n) is 7.00. The van der Waals surface area contributed by atoms with Crippen molar-refractivity contribution in [1.82, 2.24) is 9.80 Å². The second kappa shape index (κ2) is 6.02. The minimum atomic E-state index is -0.146. The van der Waals surface area contributed by atoms with E-state index >= 15 is 0 Å². The van der Waals surface area contributed by atoms with Crippen LogP contribution >= 0.6 is 0 Å². The first kappa shape index (κ1) is 14.3. The molecule has 1 N–H and O–H groups in total. The number of rotatable bonds is 4. The Morgan fingerprint density at radius 1 is 1.15 bits per heavy atom. The molecule has 1 saturated heterocycles. The van der Waals surface area contributed by atoms with Gasteiger partial charge in [-0.25, -0.2) is 0 Å². The summed E-state index contributed by atoms with van der Waals surface area (Å²) in [6, 6.07) is 0.345. The van der Waals surface area contributed by atoms with Gasteiger partial charge in [-0.15, -0.1) is 0 Å². The molecule has 1 amide bonds. The lowest BCUT2D eigenvalue weighted by Crippen LogP contribution is -2.53. The highest BCUT2D eigenvalue weighted by molar-refractivity contribution is 5.76. The average Bonchev–Trinajstić information content (AvgIpc) is 3.21. The zero-order valence-electron chi connectivity index (χ0n) is 12.6. The van der Waals surface area contributed by atoms with Crippen LogP contribution in [0.4, 0.5) is 0 Å². The maximum Gasteiger partial charge on any atom is 0.222 e. The Labute approximate surface area is 122 Å². The van der Waals surface area contributed by atoms with Crippen LogP contribution in [0, 0.1) is 11.8 Å². The van der Waals surface area contributed by atoms with Crippen molar-refractivity contribution >= 4 is 5.91 Å². The third-order valence-corrected chi connectivity index (χ3v) is 5.50. The Bertz CT molecular complexity index is 348. The van der Waals surface area contributed by atoms with Crippen molar-refractivity contribution in [3.63, 3.8) is 0 Å². The highest BCUT2D eigenvalue weighted by atomic mass is 16.3. The Hall–Kier alpha value is -0.610. The van der Waals surface area contributed by atoms with E-state index in [1.807, 2.05) is 4.90 Å². The number of amides is 1. The predicted octanol–water partition coefficient (Wildman–Crippen LogP) is 1.48. The van der Waals surface area contributed by atoms with Crippen LogP contribution in [0.2, 0.25) is 0 Å². The highest BCUT2D eigenvalue weighted by Crippen LogP contribution is 2.38. The molecule has 0 aromatic rings. The summed E-state index contributed by atoms with van der Waals surface area (Å²) in [5.41, 5.74) is 0. The van der Waals surface area contributed by atoms with Gasteiger partial charge in [0.05, 0.1) is 6.10 Å². The third kappa shape index (κ3) is 3.17. The van der Waals surface area contributed by atoms with Gasteiger partial charge in [-0.05, 0) is 43.9 Å². The van der Waals surface area contributed by atoms with Gasteiger partial charge in [0.25, 0.3) is 0 Å². The summed E-state index contributed by atoms with van der Waals surface area (Å²) in [5.74, 6) is 1.72. The van der Waals surface area contributed by atoms with E-state index in [0.29, 0.717) is 17.9 Å². The molecule has 0 aromatic carbocycles. The number of hydrogen-bond donors (Lipinski definition) is 1. The van der Waals surface area contributed by atoms with Gasteiger partial charge in [0.1, 0.15) is 0 Å². The molecule has 3 atom stereocenters. The molecule has 4 heteroatoms. The first-order valence-corrected chi connectivity index (χ1v) is 8.35. The number of aliphatic hydroxyl groups is 1. The van der Waals surface area contributed by atoms with Crippen LogP contribution in [-0.4, -0.2) is 59.1 Å². The molecule has 0 aromatic heterocycles. The molecule has 2 saturated carbocycles. The van der Waals surface area contributed by atoms with Gasteiger partial charge >= 0.3 is 0 Å². The molecule has 4 nitrogen and oxygen atoms in total. The van der Waals surface area contributed by atoms with E-state index in [9.17, 15) is 9.90 Å². The van der Waals surface area contributed by atoms with Gasteiger partial charge in [0.15, 0.2) is 0 Å². The van der Waals surface area contributed by atoms with E-state index in [1.54, 1.807) is 0 Å². The van der Waals surface area contributed by atoms with Crippen molar-refractivity contribution in [2.75, 3.05) is 26.2 Å². The van der Waals surface area contributed by atoms with Crippen LogP contribution in [0.5, 0.6) is 0 Å². The van der Waals surface area contributed by atoms with Crippen molar-refractivity contribution < 1.29 is 9.90 Å². The number of carbonyl (C=O) groups excluding carboxylic acids is 1. The van der Waals surface area contributed by atoms with Crippen molar-refractivity contribution in [3.05, 3.63) is 0 Å². The molecule has 20 heavy (non-hydrogen) atoms. The molecule has 2 aliphatic carbocycles. The van der Waals surface area contributed by atoms with Gasteiger partial charge in [0.2, 0.25) is 5.91 Å². The number of nitrogens with zero attached hydrogens (tertiary/aromatic N) is 2. The lowest BCUT2D eigenvalue weighted by atomic mass is 10.0. The maximum atomic E-state index is 12.3. The van der Waals surface area contributed by atoms with Crippen LogP contribution in [0.15, 0.2) is 0 Å². The molecular weight excluding hydrogens is 252 g/mol. The lowest BCUT2D eigenvalue weighted by molar-refractivity contribution is -0.134. The van der Waals surface area contributed by atoms with E-state index < -0.39 is 0 Å². The minimum Gasteiger partial charge on any atom is -0.391 e. The molecule has 114 valence electrons. The number of aliphatic hydroxyl groups excluding tert-OH is 1. The van der Waals surface area contributed by atoms with Crippen molar-refractivity contribution in [2.24, 2.45) is 11.8 Å². The van der Waals surface area contributed by atoms with Crippen LogP contribution in [0.1, 0.15) is 45.4 Å². The van der Waals surface area contributed by atoms with Crippen LogP contribution in [-0.2, 0) is 4.79 Å². The van der Waals surface area contributed by atoms with Gasteiger partial charge < -0.3 is 10.0 Å². The average molecular weight is 280 g/mol. The Morgan fingerprint density at radius 2 is 1.85 bits per heavy atom. The van der Waals surface area contributed by atoms with Crippen molar-refractivity contribution in [1.29, 1.82) is 0 Å². The van der Waals surface area contributed by atoms with E-state index in [0.717, 1.165) is 57.8 Å². The summed E-state index contributed by atoms with van der Waals surface area (Å²) in [4.78, 5) is 16.7. The van der Waals surface area contributed by atoms with Gasteiger partial charge in [-0.3, -0.25) is 9.69 Å². The fourth-order valence-electron chi connectivity index (χ4n) is 3.89. The summed E-state index contributed by atoms with van der Waals surface area (Å²) in [6.45, 7) is 5.79. The van der Waals surface area contributed by atoms with E-state index in [1.165, 1.54) is 12.8 Å². The molecule has 1 aliphatic heterocycles. The number of piperazine rings is 1. The Morgan fingerprint density at radius 3 is 2.40 bits per heavy atom. The molecule has 3 fully saturated rings. The van der Waals surface area contributed by atoms with Crippen molar-refractivity contribution in [2.45, 2.75) is 57.6 Å². The van der Waals surface area contributed by atoms with E-state index in [-0.39, 0.29) is 6.10 Å². The first-order valence-electron chi connectivity index (χ1n) is 8.35. The standard InChI is InChI=1S/C16H28N2O2/c1-12(13-5-6-13)11-16(20)18-9-7-17(8-10-18)14-3-2-4-15(14)19/h12-15,19H,2-11H2,1H3. The fourth-order valence-corrected chi connectivity index (χ4v) is 3.89. The predicted molar refractivity (Wildman–Crippen MR) is 78.3 cm³/mol. The SMILES string of the molecule is CC(CC(=O)N1CCN(C2CCCC2O)CC1)C1CC1. The molecule has 0 spiro atoms. The molecular formula is C16H28N2O2. The lowest BCUT2D eigenvalue weighted by Gasteiger charge is -2.39. The Kier molecular flexibility index (Phi) is 4.32. The zero-order valence-corrected chi connectivity index (χ0v) is 12.6. The summed E-state index contributed by atoms with van der Waals surface area (Å²) in [5, 5.41) is 9.98. The zero-order chi connectivity index (χ0) is 14.1. The molecule has 0 radical (unpaired) electrons. The monoisotopic (exact) mass is 280 g/mol. The molecule has 3 rings (SSSR count).